The molecule has 12 heteroatoms. The van der Waals surface area contributed by atoms with Crippen LogP contribution in [0.4, 0.5) is 0 Å². The van der Waals surface area contributed by atoms with Crippen molar-refractivity contribution in [2.45, 2.75) is 30.6 Å². The van der Waals surface area contributed by atoms with Crippen molar-refractivity contribution in [3.8, 4) is 0 Å². The second-order valence-electron chi connectivity index (χ2n) is 4.85. The number of halogens is 1. The molecule has 126 valence electrons. The number of aliphatic hydroxyl groups is 3. The van der Waals surface area contributed by atoms with Gasteiger partial charge >= 0.3 is 5.69 Å². The summed E-state index contributed by atoms with van der Waals surface area (Å²) >= 11 is 3.10. The predicted molar refractivity (Wildman–Crippen MR) is 80.0 cm³/mol. The van der Waals surface area contributed by atoms with Gasteiger partial charge in [0.2, 0.25) is 0 Å². The summed E-state index contributed by atoms with van der Waals surface area (Å²) < 4.78 is 6.12. The number of rotatable bonds is 5. The molecule has 0 aromatic carbocycles. The Labute approximate surface area is 136 Å². The number of nitrogens with one attached hydrogen (secondary N) is 1. The molecule has 23 heavy (non-hydrogen) atoms. The highest BCUT2D eigenvalue weighted by Crippen LogP contribution is 2.28. The number of aliphatic hydroxyl groups excluding tert-OH is 3. The second kappa shape index (κ2) is 7.25. The van der Waals surface area contributed by atoms with Crippen molar-refractivity contribution in [1.82, 2.24) is 9.55 Å². The van der Waals surface area contributed by atoms with Crippen molar-refractivity contribution in [3.63, 3.8) is 0 Å². The van der Waals surface area contributed by atoms with Crippen LogP contribution in [-0.2, 0) is 4.74 Å². The van der Waals surface area contributed by atoms with Crippen LogP contribution in [0.25, 0.3) is 10.4 Å². The van der Waals surface area contributed by atoms with Crippen molar-refractivity contribution in [2.75, 3.05) is 11.9 Å². The van der Waals surface area contributed by atoms with E-state index in [2.05, 4.69) is 26.0 Å². The van der Waals surface area contributed by atoms with E-state index < -0.39 is 48.4 Å². The average Bonchev–Trinajstić information content (AvgIpc) is 2.81. The standard InChI is InChI=1S/C11H14BrN5O6/c12-1-5(15-16-13)4-2-17(11(22)14-9(4)21)10-8(20)7(19)6(3-18)23-10/h2,5-8,10,18-20H,1,3H2,(H,14,21,22)/t5?,6-,7-,8-,10-/m1/s1. The molecule has 2 rings (SSSR count). The van der Waals surface area contributed by atoms with Gasteiger partial charge in [0.25, 0.3) is 5.56 Å². The quantitative estimate of drug-likeness (QED) is 0.214. The minimum Gasteiger partial charge on any atom is -0.394 e. The maximum Gasteiger partial charge on any atom is 0.330 e. The summed E-state index contributed by atoms with van der Waals surface area (Å²) in [6.45, 7) is -0.553. The molecular formula is C11H14BrN5O6. The number of azide groups is 1. The number of hydrogen-bond donors (Lipinski definition) is 4. The highest BCUT2D eigenvalue weighted by molar-refractivity contribution is 9.09. The van der Waals surface area contributed by atoms with E-state index in [1.54, 1.807) is 0 Å². The van der Waals surface area contributed by atoms with Crippen LogP contribution in [0.3, 0.4) is 0 Å². The first-order valence-corrected chi connectivity index (χ1v) is 7.64. The number of alkyl halides is 1. The summed E-state index contributed by atoms with van der Waals surface area (Å²) in [7, 11) is 0. The molecule has 1 saturated heterocycles. The first-order valence-electron chi connectivity index (χ1n) is 6.52. The van der Waals surface area contributed by atoms with Gasteiger partial charge in [0.15, 0.2) is 6.23 Å². The van der Waals surface area contributed by atoms with Gasteiger partial charge in [-0.25, -0.2) is 4.79 Å². The number of aromatic amines is 1. The molecule has 1 aliphatic heterocycles. The summed E-state index contributed by atoms with van der Waals surface area (Å²) in [4.78, 5) is 28.5. The van der Waals surface area contributed by atoms with Crippen molar-refractivity contribution >= 4 is 15.9 Å². The van der Waals surface area contributed by atoms with Crippen LogP contribution in [0, 0.1) is 0 Å². The Balaban J connectivity index is 2.50. The fourth-order valence-electron chi connectivity index (χ4n) is 2.28. The molecule has 1 aromatic heterocycles. The third kappa shape index (κ3) is 3.32. The Morgan fingerprint density at radius 3 is 2.70 bits per heavy atom. The van der Waals surface area contributed by atoms with Crippen LogP contribution in [-0.4, -0.2) is 55.1 Å². The van der Waals surface area contributed by atoms with Crippen LogP contribution in [0.2, 0.25) is 0 Å². The van der Waals surface area contributed by atoms with Gasteiger partial charge < -0.3 is 20.1 Å². The second-order valence-corrected chi connectivity index (χ2v) is 5.50. The molecule has 1 fully saturated rings. The molecule has 1 aliphatic rings. The highest BCUT2D eigenvalue weighted by atomic mass is 79.9. The lowest BCUT2D eigenvalue weighted by molar-refractivity contribution is -0.0551. The summed E-state index contributed by atoms with van der Waals surface area (Å²) in [6.07, 6.45) is -4.14. The summed E-state index contributed by atoms with van der Waals surface area (Å²) in [5.74, 6) is 0. The van der Waals surface area contributed by atoms with Gasteiger partial charge in [-0.3, -0.25) is 14.3 Å². The molecule has 0 spiro atoms. The zero-order valence-electron chi connectivity index (χ0n) is 11.6. The average molecular weight is 392 g/mol. The van der Waals surface area contributed by atoms with Gasteiger partial charge in [-0.15, -0.1) is 0 Å². The third-order valence-electron chi connectivity index (χ3n) is 3.48. The summed E-state index contributed by atoms with van der Waals surface area (Å²) in [5.41, 5.74) is 6.90. The topological polar surface area (TPSA) is 174 Å². The van der Waals surface area contributed by atoms with Crippen molar-refractivity contribution in [1.29, 1.82) is 0 Å². The van der Waals surface area contributed by atoms with Crippen LogP contribution in [0.15, 0.2) is 20.9 Å². The van der Waals surface area contributed by atoms with Gasteiger partial charge in [-0.2, -0.15) is 0 Å². The molecule has 0 saturated carbocycles. The van der Waals surface area contributed by atoms with E-state index in [0.717, 1.165) is 10.8 Å². The number of H-pyrrole nitrogens is 1. The molecule has 4 N–H and O–H groups in total. The minimum absolute atomic E-state index is 0.0167. The molecule has 0 aliphatic carbocycles. The van der Waals surface area contributed by atoms with Crippen molar-refractivity contribution < 1.29 is 20.1 Å². The van der Waals surface area contributed by atoms with Crippen LogP contribution in [0.5, 0.6) is 0 Å². The molecule has 2 heterocycles. The van der Waals surface area contributed by atoms with Crippen LogP contribution >= 0.6 is 15.9 Å². The van der Waals surface area contributed by atoms with Gasteiger partial charge in [-0.1, -0.05) is 21.0 Å². The number of aromatic nitrogens is 2. The van der Waals surface area contributed by atoms with Gasteiger partial charge in [0.05, 0.1) is 12.6 Å². The molecule has 5 atom stereocenters. The molecule has 0 amide bonds. The fourth-order valence-corrected chi connectivity index (χ4v) is 2.75. The maximum atomic E-state index is 12.0. The minimum atomic E-state index is -1.48. The molecular weight excluding hydrogens is 378 g/mol. The normalized spacial score (nSPS) is 28.3. The Morgan fingerprint density at radius 2 is 2.17 bits per heavy atom. The summed E-state index contributed by atoms with van der Waals surface area (Å²) in [6, 6.07) is -0.882. The van der Waals surface area contributed by atoms with E-state index >= 15 is 0 Å². The Hall–Kier alpha value is -1.69. The van der Waals surface area contributed by atoms with E-state index in [9.17, 15) is 19.8 Å². The zero-order valence-corrected chi connectivity index (χ0v) is 13.2. The SMILES string of the molecule is [N-]=[N+]=NC(CBr)c1cn([C@@H]2O[C@H](CO)[C@@H](O)[C@H]2O)c(=O)[nH]c1=O. The maximum absolute atomic E-state index is 12.0. The Morgan fingerprint density at radius 1 is 1.48 bits per heavy atom. The van der Waals surface area contributed by atoms with Gasteiger partial charge in [0.1, 0.15) is 18.3 Å². The lowest BCUT2D eigenvalue weighted by atomic mass is 10.1. The summed E-state index contributed by atoms with van der Waals surface area (Å²) in [5, 5.41) is 32.4. The molecule has 11 nitrogen and oxygen atoms in total. The lowest BCUT2D eigenvalue weighted by Gasteiger charge is -2.18. The first kappa shape index (κ1) is 17.7. The molecule has 0 bridgehead atoms. The van der Waals surface area contributed by atoms with E-state index in [0.29, 0.717) is 0 Å². The smallest absolute Gasteiger partial charge is 0.330 e. The number of nitrogens with zero attached hydrogens (tertiary/aromatic N) is 4. The number of ether oxygens (including phenoxy) is 1. The molecule has 1 unspecified atom stereocenters. The molecule has 1 aromatic rings. The van der Waals surface area contributed by atoms with E-state index in [-0.39, 0.29) is 10.9 Å². The van der Waals surface area contributed by atoms with Crippen LogP contribution in [0.1, 0.15) is 17.8 Å². The highest BCUT2D eigenvalue weighted by Gasteiger charge is 2.43. The fraction of sp³-hybridized carbons (Fsp3) is 0.636. The largest absolute Gasteiger partial charge is 0.394 e. The zero-order chi connectivity index (χ0) is 17.1. The van der Waals surface area contributed by atoms with E-state index in [1.165, 1.54) is 0 Å². The van der Waals surface area contributed by atoms with E-state index in [1.807, 2.05) is 4.98 Å². The Bertz CT molecular complexity index is 728. The van der Waals surface area contributed by atoms with Crippen molar-refractivity contribution in [3.05, 3.63) is 43.0 Å². The molecule has 0 radical (unpaired) electrons. The van der Waals surface area contributed by atoms with Gasteiger partial charge in [0, 0.05) is 22.0 Å². The number of hydrogen-bond acceptors (Lipinski definition) is 7. The monoisotopic (exact) mass is 391 g/mol. The van der Waals surface area contributed by atoms with Crippen LogP contribution < -0.4 is 11.2 Å². The van der Waals surface area contributed by atoms with Crippen molar-refractivity contribution in [2.24, 2.45) is 5.11 Å². The predicted octanol–water partition coefficient (Wildman–Crippen LogP) is -1.11. The third-order valence-corrected chi connectivity index (χ3v) is 4.10. The lowest BCUT2D eigenvalue weighted by Crippen LogP contribution is -2.39. The Kier molecular flexibility index (Phi) is 5.57. The van der Waals surface area contributed by atoms with E-state index in [4.69, 9.17) is 15.4 Å². The van der Waals surface area contributed by atoms with Gasteiger partial charge in [-0.05, 0) is 5.53 Å². The first-order chi connectivity index (χ1) is 10.9.